The second-order valence-corrected chi connectivity index (χ2v) is 18.6. The van der Waals surface area contributed by atoms with Gasteiger partial charge < -0.3 is 14.5 Å². The molecular formula is C51H56IrN3O3-. The van der Waals surface area contributed by atoms with E-state index >= 15 is 0 Å². The molecule has 3 aromatic carbocycles. The first-order valence-corrected chi connectivity index (χ1v) is 19.7. The quantitative estimate of drug-likeness (QED) is 0.107. The van der Waals surface area contributed by atoms with Gasteiger partial charge in [-0.15, -0.1) is 18.2 Å². The fraction of sp³-hybridized carbons (Fsp3) is 0.333. The molecule has 0 aliphatic carbocycles. The number of aliphatic hydroxyl groups is 1. The number of hydrogen-bond acceptors (Lipinski definition) is 6. The predicted octanol–water partition coefficient (Wildman–Crippen LogP) is 13.7. The van der Waals surface area contributed by atoms with Gasteiger partial charge in [-0.2, -0.15) is 0 Å². The summed E-state index contributed by atoms with van der Waals surface area (Å²) in [6, 6.07) is 27.1. The number of hydrogen-bond donors (Lipinski definition) is 1. The fourth-order valence-electron chi connectivity index (χ4n) is 6.92. The molecule has 7 heteroatoms. The zero-order valence-electron chi connectivity index (χ0n) is 36.4. The van der Waals surface area contributed by atoms with E-state index in [-0.39, 0.29) is 42.5 Å². The summed E-state index contributed by atoms with van der Waals surface area (Å²) in [5.74, 6) is 0.104. The van der Waals surface area contributed by atoms with Gasteiger partial charge in [-0.3, -0.25) is 4.79 Å². The number of fused-ring (bicyclic) bond motifs is 4. The summed E-state index contributed by atoms with van der Waals surface area (Å²) in [5.41, 5.74) is 15.0. The van der Waals surface area contributed by atoms with E-state index in [0.29, 0.717) is 5.71 Å². The molecule has 0 saturated carbocycles. The smallest absolute Gasteiger partial charge is 0.216 e. The number of carbonyl (C=O) groups excluding carboxylic acids is 1. The molecule has 7 rings (SSSR count). The first kappa shape index (κ1) is 44.1. The fourth-order valence-corrected chi connectivity index (χ4v) is 6.92. The average molecular weight is 951 g/mol. The Labute approximate surface area is 357 Å². The molecule has 4 aromatic heterocycles. The minimum absolute atomic E-state index is 0. The van der Waals surface area contributed by atoms with E-state index in [0.717, 1.165) is 61.0 Å². The molecule has 58 heavy (non-hydrogen) atoms. The Kier molecular flexibility index (Phi) is 12.4. The summed E-state index contributed by atoms with van der Waals surface area (Å²) in [6.45, 7) is 28.5. The zero-order valence-corrected chi connectivity index (χ0v) is 38.8. The van der Waals surface area contributed by atoms with Crippen molar-refractivity contribution in [2.75, 3.05) is 0 Å². The Morgan fingerprint density at radius 1 is 0.707 bits per heavy atom. The number of carbonyl (C=O) groups is 1. The van der Waals surface area contributed by atoms with Gasteiger partial charge in [0.2, 0.25) is 5.71 Å². The molecule has 0 saturated heterocycles. The third-order valence-electron chi connectivity index (χ3n) is 10.6. The maximum absolute atomic E-state index is 11.5. The molecule has 1 N–H and O–H groups in total. The molecule has 0 amide bonds. The molecule has 7 aromatic rings. The number of pyridine rings is 3. The second kappa shape index (κ2) is 16.4. The number of nitrogens with zero attached hydrogens (tertiary/aromatic N) is 3. The van der Waals surface area contributed by atoms with Crippen molar-refractivity contribution >= 4 is 38.8 Å². The third kappa shape index (κ3) is 9.17. The first-order chi connectivity index (χ1) is 26.5. The number of ketones is 1. The molecule has 6 nitrogen and oxygen atoms in total. The Morgan fingerprint density at radius 3 is 1.98 bits per heavy atom. The SMILES string of the molecule is CC(C)(C)C(=O)/C=C(\O)C(C)(C)C.Cc1ccc2c(n1)oc1c(-c3cc(-c4cc5ccc(-c6c(C)cc(C(C)(C)C)cc6C)nc5cc4C)c(C)cn3)[c-]ccc12.[Ir]. The standard InChI is InChI=1S/C40H36N3O.C11H20O2.Ir/c1-22-18-35-27(13-15-34(43-35)37-23(2)16-28(17-24(37)3)40(6,7)8)19-32(22)33-20-36(41-21-25(33)4)31-11-9-10-29-30-14-12-26(5)42-39(30)44-38(29)31;1-10(2,3)8(12)7-9(13)11(4,5)6;/h9-10,12-21H,1-8H3;7,12H,1-6H3;/q-1;;/b;8-7-;. The van der Waals surface area contributed by atoms with Crippen LogP contribution in [0.3, 0.4) is 0 Å². The van der Waals surface area contributed by atoms with Crippen molar-refractivity contribution in [2.24, 2.45) is 10.8 Å². The maximum atomic E-state index is 11.5. The molecule has 0 aliphatic rings. The van der Waals surface area contributed by atoms with Crippen LogP contribution in [0.5, 0.6) is 0 Å². The van der Waals surface area contributed by atoms with E-state index < -0.39 is 5.41 Å². The normalized spacial score (nSPS) is 12.4. The largest absolute Gasteiger partial charge is 0.512 e. The van der Waals surface area contributed by atoms with Crippen molar-refractivity contribution in [3.05, 3.63) is 124 Å². The maximum Gasteiger partial charge on any atom is 0.216 e. The van der Waals surface area contributed by atoms with Gasteiger partial charge in [0.05, 0.1) is 16.8 Å². The Morgan fingerprint density at radius 2 is 1.36 bits per heavy atom. The minimum atomic E-state index is -0.417. The zero-order chi connectivity index (χ0) is 41.8. The van der Waals surface area contributed by atoms with Crippen LogP contribution >= 0.6 is 0 Å². The topological polar surface area (TPSA) is 89.1 Å². The molecule has 4 heterocycles. The van der Waals surface area contributed by atoms with E-state index in [4.69, 9.17) is 14.4 Å². The Balaban J connectivity index is 0.000000397. The number of benzene rings is 3. The van der Waals surface area contributed by atoms with Gasteiger partial charge in [0.25, 0.3) is 0 Å². The molecule has 0 bridgehead atoms. The van der Waals surface area contributed by atoms with Crippen molar-refractivity contribution in [1.29, 1.82) is 0 Å². The van der Waals surface area contributed by atoms with Crippen LogP contribution in [0, 0.1) is 51.5 Å². The van der Waals surface area contributed by atoms with Crippen molar-refractivity contribution in [2.45, 2.75) is 102 Å². The monoisotopic (exact) mass is 951 g/mol. The average Bonchev–Trinajstić information content (AvgIpc) is 3.48. The van der Waals surface area contributed by atoms with Gasteiger partial charge in [0.1, 0.15) is 5.76 Å². The van der Waals surface area contributed by atoms with Crippen LogP contribution in [-0.4, -0.2) is 25.8 Å². The van der Waals surface area contributed by atoms with Crippen molar-refractivity contribution in [3.8, 4) is 33.6 Å². The van der Waals surface area contributed by atoms with Gasteiger partial charge >= 0.3 is 0 Å². The molecule has 0 spiro atoms. The summed E-state index contributed by atoms with van der Waals surface area (Å²) in [5, 5.41) is 12.7. The van der Waals surface area contributed by atoms with Crippen molar-refractivity contribution in [3.63, 3.8) is 0 Å². The van der Waals surface area contributed by atoms with Gasteiger partial charge in [-0.25, -0.2) is 9.97 Å². The summed E-state index contributed by atoms with van der Waals surface area (Å²) in [4.78, 5) is 26.1. The molecule has 0 atom stereocenters. The van der Waals surface area contributed by atoms with Crippen LogP contribution < -0.4 is 0 Å². The van der Waals surface area contributed by atoms with Crippen LogP contribution in [0.25, 0.3) is 66.6 Å². The molecule has 0 fully saturated rings. The number of aliphatic hydroxyl groups excluding tert-OH is 1. The molecule has 0 aliphatic heterocycles. The molecule has 303 valence electrons. The third-order valence-corrected chi connectivity index (χ3v) is 10.6. The van der Waals surface area contributed by atoms with Crippen LogP contribution in [0.1, 0.15) is 95.8 Å². The van der Waals surface area contributed by atoms with E-state index in [1.54, 1.807) is 0 Å². The van der Waals surface area contributed by atoms with E-state index in [2.05, 4.69) is 108 Å². The van der Waals surface area contributed by atoms with Gasteiger partial charge in [-0.05, 0) is 115 Å². The summed E-state index contributed by atoms with van der Waals surface area (Å²) < 4.78 is 6.27. The van der Waals surface area contributed by atoms with Gasteiger partial charge in [0, 0.05) is 65.2 Å². The Hall–Kier alpha value is -4.97. The van der Waals surface area contributed by atoms with Gasteiger partial charge in [-0.1, -0.05) is 97.5 Å². The van der Waals surface area contributed by atoms with Crippen LogP contribution in [0.15, 0.2) is 89.2 Å². The van der Waals surface area contributed by atoms with E-state index in [1.165, 1.54) is 39.5 Å². The van der Waals surface area contributed by atoms with Gasteiger partial charge in [0.15, 0.2) is 5.78 Å². The Bertz CT molecular complexity index is 2700. The number of aryl methyl sites for hydroxylation is 5. The van der Waals surface area contributed by atoms with E-state index in [1.807, 2.05) is 72.9 Å². The number of furan rings is 1. The van der Waals surface area contributed by atoms with Crippen LogP contribution in [-0.2, 0) is 30.3 Å². The molecular weight excluding hydrogens is 895 g/mol. The second-order valence-electron chi connectivity index (χ2n) is 18.6. The summed E-state index contributed by atoms with van der Waals surface area (Å²) >= 11 is 0. The van der Waals surface area contributed by atoms with E-state index in [9.17, 15) is 9.90 Å². The van der Waals surface area contributed by atoms with Crippen LogP contribution in [0.2, 0.25) is 0 Å². The van der Waals surface area contributed by atoms with Crippen molar-refractivity contribution in [1.82, 2.24) is 15.0 Å². The predicted molar refractivity (Wildman–Crippen MR) is 237 cm³/mol. The first-order valence-electron chi connectivity index (χ1n) is 19.7. The molecule has 0 unspecified atom stereocenters. The summed E-state index contributed by atoms with van der Waals surface area (Å²) in [6.07, 6.45) is 3.28. The minimum Gasteiger partial charge on any atom is -0.512 e. The number of allylic oxidation sites excluding steroid dienone is 2. The number of aromatic nitrogens is 3. The molecule has 1 radical (unpaired) electrons. The number of rotatable bonds is 4. The van der Waals surface area contributed by atoms with Crippen molar-refractivity contribution < 1.29 is 34.4 Å². The summed E-state index contributed by atoms with van der Waals surface area (Å²) in [7, 11) is 0. The van der Waals surface area contributed by atoms with Crippen LogP contribution in [0.4, 0.5) is 0 Å².